The highest BCUT2D eigenvalue weighted by Gasteiger charge is 2.71. The Kier molecular flexibility index (Phi) is 5.59. The zero-order chi connectivity index (χ0) is 25.1. The van der Waals surface area contributed by atoms with Gasteiger partial charge in [-0.2, -0.15) is 0 Å². The molecule has 0 spiro atoms. The van der Waals surface area contributed by atoms with Crippen molar-refractivity contribution < 1.29 is 20.1 Å². The second kappa shape index (κ2) is 7.45. The van der Waals surface area contributed by atoms with E-state index in [0.29, 0.717) is 17.8 Å². The average Bonchev–Trinajstić information content (AvgIpc) is 3.30. The molecule has 4 saturated carbocycles. The molecule has 4 heteroatoms. The van der Waals surface area contributed by atoms with Gasteiger partial charge in [0.25, 0.3) is 0 Å². The minimum absolute atomic E-state index is 0.0630. The predicted molar refractivity (Wildman–Crippen MR) is 135 cm³/mol. The van der Waals surface area contributed by atoms with Crippen LogP contribution in [0.25, 0.3) is 0 Å². The summed E-state index contributed by atoms with van der Waals surface area (Å²) in [5.74, 6) is 1.59. The van der Waals surface area contributed by atoms with Crippen LogP contribution in [0.5, 0.6) is 0 Å². The maximum absolute atomic E-state index is 11.9. The van der Waals surface area contributed by atoms with E-state index in [0.717, 1.165) is 44.9 Å². The number of aliphatic hydroxyl groups excluding tert-OH is 2. The van der Waals surface area contributed by atoms with Crippen LogP contribution in [-0.4, -0.2) is 44.8 Å². The zero-order valence-electron chi connectivity index (χ0n) is 23.2. The molecule has 5 fully saturated rings. The van der Waals surface area contributed by atoms with E-state index >= 15 is 0 Å². The molecule has 0 bridgehead atoms. The van der Waals surface area contributed by atoms with Crippen LogP contribution in [0.4, 0.5) is 0 Å². The lowest BCUT2D eigenvalue weighted by molar-refractivity contribution is -0.248. The van der Waals surface area contributed by atoms with E-state index in [4.69, 9.17) is 4.74 Å². The largest absolute Gasteiger partial charge is 0.393 e. The van der Waals surface area contributed by atoms with Crippen LogP contribution in [0.1, 0.15) is 113 Å². The third-order valence-electron chi connectivity index (χ3n) is 13.3. The number of hydrogen-bond donors (Lipinski definition) is 3. The lowest BCUT2D eigenvalue weighted by atomic mass is 9.35. The molecule has 1 aliphatic heterocycles. The fourth-order valence-electron chi connectivity index (χ4n) is 11.1. The maximum atomic E-state index is 11.9. The van der Waals surface area contributed by atoms with E-state index < -0.39 is 5.60 Å². The maximum Gasteiger partial charge on any atom is 0.0865 e. The fraction of sp³-hybridized carbons (Fsp3) is 1.00. The molecule has 4 nitrogen and oxygen atoms in total. The van der Waals surface area contributed by atoms with Crippen molar-refractivity contribution in [2.24, 2.45) is 45.3 Å². The molecule has 1 saturated heterocycles. The SMILES string of the molecule is CC(C)(O)[C@@H]1CCC(C)([C@H]2CC[C@]3(C)C2[C@H](O)CC2[C@@]4(C)CC[C@H](O)C(C)(C)C4CC[C@]23C)O1. The summed E-state index contributed by atoms with van der Waals surface area (Å²) in [5, 5.41) is 33.4. The van der Waals surface area contributed by atoms with Crippen molar-refractivity contribution in [3.05, 3.63) is 0 Å². The molecule has 0 radical (unpaired) electrons. The third-order valence-corrected chi connectivity index (χ3v) is 13.3. The number of rotatable bonds is 2. The molecule has 11 atom stereocenters. The molecule has 5 rings (SSSR count). The minimum atomic E-state index is -0.826. The molecule has 4 aliphatic carbocycles. The van der Waals surface area contributed by atoms with Crippen LogP contribution < -0.4 is 0 Å². The molecule has 1 heterocycles. The van der Waals surface area contributed by atoms with Gasteiger partial charge in [0.05, 0.1) is 29.5 Å². The van der Waals surface area contributed by atoms with Gasteiger partial charge in [0.1, 0.15) is 0 Å². The van der Waals surface area contributed by atoms with E-state index in [2.05, 4.69) is 41.5 Å². The van der Waals surface area contributed by atoms with E-state index in [1.165, 1.54) is 12.8 Å². The summed E-state index contributed by atoms with van der Waals surface area (Å²) in [5.41, 5.74) is -0.703. The minimum Gasteiger partial charge on any atom is -0.393 e. The Morgan fingerprint density at radius 3 is 2.03 bits per heavy atom. The first-order chi connectivity index (χ1) is 15.5. The van der Waals surface area contributed by atoms with Crippen molar-refractivity contribution in [2.75, 3.05) is 0 Å². The zero-order valence-corrected chi connectivity index (χ0v) is 23.2. The number of fused-ring (bicyclic) bond motifs is 5. The molecule has 5 aliphatic rings. The number of hydrogen-bond acceptors (Lipinski definition) is 4. The topological polar surface area (TPSA) is 69.9 Å². The Bertz CT molecular complexity index is 817. The predicted octanol–water partition coefficient (Wildman–Crippen LogP) is 5.71. The highest BCUT2D eigenvalue weighted by atomic mass is 16.5. The summed E-state index contributed by atoms with van der Waals surface area (Å²) in [7, 11) is 0. The quantitative estimate of drug-likeness (QED) is 0.477. The van der Waals surface area contributed by atoms with Gasteiger partial charge in [0.15, 0.2) is 0 Å². The van der Waals surface area contributed by atoms with Crippen molar-refractivity contribution in [1.29, 1.82) is 0 Å². The molecule has 0 aromatic heterocycles. The molecule has 0 aromatic rings. The fourth-order valence-corrected chi connectivity index (χ4v) is 11.1. The van der Waals surface area contributed by atoms with Gasteiger partial charge in [-0.3, -0.25) is 0 Å². The van der Waals surface area contributed by atoms with Gasteiger partial charge < -0.3 is 20.1 Å². The van der Waals surface area contributed by atoms with Gasteiger partial charge in [-0.1, -0.05) is 34.6 Å². The standard InChI is InChI=1S/C30H52O4/c1-25(2)20-10-15-28(6)21(27(20,5)13-11-22(25)32)17-19(31)24-18(9-14-29(24,28)7)30(8)16-12-23(34-30)26(3,4)33/h18-24,31-33H,9-17H2,1-8H3/t18-,19+,20?,21?,22-,23-,24?,27-,28+,29+,30?/m0/s1. The third kappa shape index (κ3) is 3.16. The van der Waals surface area contributed by atoms with Crippen LogP contribution >= 0.6 is 0 Å². The molecule has 0 amide bonds. The second-order valence-corrected chi connectivity index (χ2v) is 15.4. The summed E-state index contributed by atoms with van der Waals surface area (Å²) < 4.78 is 6.66. The number of ether oxygens (including phenoxy) is 1. The monoisotopic (exact) mass is 476 g/mol. The van der Waals surface area contributed by atoms with Gasteiger partial charge >= 0.3 is 0 Å². The first kappa shape index (κ1) is 25.5. The summed E-state index contributed by atoms with van der Waals surface area (Å²) in [4.78, 5) is 0. The Hall–Kier alpha value is -0.160. The van der Waals surface area contributed by atoms with Crippen molar-refractivity contribution in [1.82, 2.24) is 0 Å². The summed E-state index contributed by atoms with van der Waals surface area (Å²) in [6, 6.07) is 0. The van der Waals surface area contributed by atoms with Crippen molar-refractivity contribution in [3.8, 4) is 0 Å². The highest BCUT2D eigenvalue weighted by Crippen LogP contribution is 2.76. The lowest BCUT2D eigenvalue weighted by Crippen LogP contribution is -2.66. The summed E-state index contributed by atoms with van der Waals surface area (Å²) in [6.45, 7) is 18.1. The van der Waals surface area contributed by atoms with Gasteiger partial charge in [0, 0.05) is 0 Å². The van der Waals surface area contributed by atoms with Crippen LogP contribution in [-0.2, 0) is 4.74 Å². The summed E-state index contributed by atoms with van der Waals surface area (Å²) in [6.07, 6.45) is 8.72. The molecule has 4 unspecified atom stereocenters. The Morgan fingerprint density at radius 1 is 0.765 bits per heavy atom. The first-order valence-electron chi connectivity index (χ1n) is 14.3. The lowest BCUT2D eigenvalue weighted by Gasteiger charge is -2.70. The van der Waals surface area contributed by atoms with Crippen LogP contribution in [0, 0.1) is 45.3 Å². The average molecular weight is 477 g/mol. The highest BCUT2D eigenvalue weighted by molar-refractivity contribution is 5.20. The molecule has 34 heavy (non-hydrogen) atoms. The van der Waals surface area contributed by atoms with Crippen LogP contribution in [0.15, 0.2) is 0 Å². The first-order valence-corrected chi connectivity index (χ1v) is 14.3. The van der Waals surface area contributed by atoms with Crippen molar-refractivity contribution in [2.45, 2.75) is 143 Å². The van der Waals surface area contributed by atoms with Crippen molar-refractivity contribution in [3.63, 3.8) is 0 Å². The summed E-state index contributed by atoms with van der Waals surface area (Å²) >= 11 is 0. The normalized spacial score (nSPS) is 57.1. The number of aliphatic hydroxyl groups is 3. The van der Waals surface area contributed by atoms with Gasteiger partial charge in [-0.05, 0) is 124 Å². The molecule has 3 N–H and O–H groups in total. The molecular formula is C30H52O4. The molecular weight excluding hydrogens is 424 g/mol. The van der Waals surface area contributed by atoms with E-state index in [9.17, 15) is 15.3 Å². The van der Waals surface area contributed by atoms with E-state index in [1.807, 2.05) is 13.8 Å². The molecule has 0 aromatic carbocycles. The Balaban J connectivity index is 1.48. The molecule has 196 valence electrons. The van der Waals surface area contributed by atoms with Gasteiger partial charge in [-0.15, -0.1) is 0 Å². The Morgan fingerprint density at radius 2 is 1.41 bits per heavy atom. The smallest absolute Gasteiger partial charge is 0.0865 e. The van der Waals surface area contributed by atoms with Gasteiger partial charge in [0.2, 0.25) is 0 Å². The van der Waals surface area contributed by atoms with E-state index in [-0.39, 0.29) is 51.5 Å². The van der Waals surface area contributed by atoms with E-state index in [1.54, 1.807) is 0 Å². The van der Waals surface area contributed by atoms with Crippen LogP contribution in [0.3, 0.4) is 0 Å². The van der Waals surface area contributed by atoms with Crippen molar-refractivity contribution >= 4 is 0 Å². The second-order valence-electron chi connectivity index (χ2n) is 15.4. The van der Waals surface area contributed by atoms with Gasteiger partial charge in [-0.25, -0.2) is 0 Å². The van der Waals surface area contributed by atoms with Crippen LogP contribution in [0.2, 0.25) is 0 Å². The Labute approximate surface area is 208 Å².